The molecule has 1 saturated carbocycles. The largest absolute Gasteiger partial charge is 0.461 e. The summed E-state index contributed by atoms with van der Waals surface area (Å²) in [5.41, 5.74) is 2.29. The van der Waals surface area contributed by atoms with Crippen LogP contribution in [-0.2, 0) is 6.42 Å². The zero-order valence-corrected chi connectivity index (χ0v) is 12.6. The minimum Gasteiger partial charge on any atom is -0.461 e. The van der Waals surface area contributed by atoms with Crippen molar-refractivity contribution in [3.05, 3.63) is 35.6 Å². The smallest absolute Gasteiger partial charge is 0.137 e. The normalized spacial score (nSPS) is 16.7. The monoisotopic (exact) mass is 271 g/mol. The van der Waals surface area contributed by atoms with Crippen LogP contribution in [0.2, 0.25) is 0 Å². The second-order valence-electron chi connectivity index (χ2n) is 6.14. The van der Waals surface area contributed by atoms with Gasteiger partial charge in [-0.3, -0.25) is 0 Å². The highest BCUT2D eigenvalue weighted by atomic mass is 16.3. The molecule has 0 spiro atoms. The predicted octanol–water partition coefficient (Wildman–Crippen LogP) is 4.45. The second-order valence-corrected chi connectivity index (χ2v) is 6.14. The minimum absolute atomic E-state index is 0.684. The van der Waals surface area contributed by atoms with Crippen molar-refractivity contribution in [2.24, 2.45) is 5.92 Å². The van der Waals surface area contributed by atoms with Crippen molar-refractivity contribution in [1.82, 2.24) is 5.32 Å². The number of nitrogens with one attached hydrogen (secondary N) is 1. The van der Waals surface area contributed by atoms with E-state index in [4.69, 9.17) is 4.42 Å². The first-order valence-corrected chi connectivity index (χ1v) is 7.99. The van der Waals surface area contributed by atoms with Gasteiger partial charge in [0.1, 0.15) is 11.3 Å². The highest BCUT2D eigenvalue weighted by molar-refractivity contribution is 5.80. The van der Waals surface area contributed by atoms with Crippen LogP contribution >= 0.6 is 0 Å². The van der Waals surface area contributed by atoms with E-state index < -0.39 is 0 Å². The van der Waals surface area contributed by atoms with Crippen molar-refractivity contribution in [1.29, 1.82) is 0 Å². The molecule has 2 nitrogen and oxygen atoms in total. The molecule has 3 rings (SSSR count). The van der Waals surface area contributed by atoms with E-state index in [1.807, 2.05) is 0 Å². The van der Waals surface area contributed by atoms with E-state index in [1.165, 1.54) is 36.6 Å². The lowest BCUT2D eigenvalue weighted by Crippen LogP contribution is -2.32. The van der Waals surface area contributed by atoms with Crippen LogP contribution in [0.3, 0.4) is 0 Å². The lowest BCUT2D eigenvalue weighted by Gasteiger charge is -2.17. The molecule has 1 unspecified atom stereocenters. The molecule has 0 amide bonds. The van der Waals surface area contributed by atoms with E-state index in [0.717, 1.165) is 30.2 Å². The van der Waals surface area contributed by atoms with Gasteiger partial charge in [-0.05, 0) is 56.7 Å². The zero-order valence-electron chi connectivity index (χ0n) is 12.6. The molecule has 108 valence electrons. The van der Waals surface area contributed by atoms with Crippen LogP contribution in [-0.4, -0.2) is 12.6 Å². The van der Waals surface area contributed by atoms with Crippen LogP contribution < -0.4 is 5.32 Å². The maximum atomic E-state index is 6.03. The lowest BCUT2D eigenvalue weighted by atomic mass is 10.1. The van der Waals surface area contributed by atoms with Crippen LogP contribution in [0, 0.1) is 12.8 Å². The second kappa shape index (κ2) is 6.01. The summed E-state index contributed by atoms with van der Waals surface area (Å²) in [4.78, 5) is 0. The number of furan rings is 1. The number of benzene rings is 1. The van der Waals surface area contributed by atoms with Gasteiger partial charge in [-0.1, -0.05) is 25.1 Å². The molecule has 20 heavy (non-hydrogen) atoms. The van der Waals surface area contributed by atoms with Crippen molar-refractivity contribution >= 4 is 11.0 Å². The van der Waals surface area contributed by atoms with Crippen LogP contribution in [0.25, 0.3) is 11.0 Å². The van der Waals surface area contributed by atoms with Crippen LogP contribution in [0.4, 0.5) is 0 Å². The van der Waals surface area contributed by atoms with Crippen molar-refractivity contribution in [3.63, 3.8) is 0 Å². The molecule has 1 aliphatic rings. The number of rotatable bonds is 7. The Hall–Kier alpha value is -1.28. The minimum atomic E-state index is 0.684. The van der Waals surface area contributed by atoms with Gasteiger partial charge in [0, 0.05) is 17.8 Å². The Morgan fingerprint density at radius 1 is 1.35 bits per heavy atom. The highest BCUT2D eigenvalue weighted by Crippen LogP contribution is 2.35. The average Bonchev–Trinajstić information content (AvgIpc) is 3.19. The van der Waals surface area contributed by atoms with E-state index in [1.54, 1.807) is 0 Å². The molecule has 1 aromatic heterocycles. The Labute approximate surface area is 121 Å². The van der Waals surface area contributed by atoms with E-state index in [9.17, 15) is 0 Å². The molecular weight excluding hydrogens is 246 g/mol. The maximum Gasteiger partial charge on any atom is 0.137 e. The van der Waals surface area contributed by atoms with E-state index in [2.05, 4.69) is 43.4 Å². The third kappa shape index (κ3) is 3.06. The fraction of sp³-hybridized carbons (Fsp3) is 0.556. The van der Waals surface area contributed by atoms with Gasteiger partial charge in [0.15, 0.2) is 0 Å². The van der Waals surface area contributed by atoms with Crippen LogP contribution in [0.1, 0.15) is 43.9 Å². The SMILES string of the molecule is CCCNC(CCc1cc2cccc(C)c2o1)C1CC1. The Morgan fingerprint density at radius 2 is 2.20 bits per heavy atom. The first-order chi connectivity index (χ1) is 9.78. The molecule has 1 fully saturated rings. The summed E-state index contributed by atoms with van der Waals surface area (Å²) in [5, 5.41) is 4.95. The molecule has 0 aliphatic heterocycles. The lowest BCUT2D eigenvalue weighted by molar-refractivity contribution is 0.418. The number of fused-ring (bicyclic) bond motifs is 1. The average molecular weight is 271 g/mol. The van der Waals surface area contributed by atoms with Gasteiger partial charge in [0.25, 0.3) is 0 Å². The van der Waals surface area contributed by atoms with E-state index >= 15 is 0 Å². The number of hydrogen-bond donors (Lipinski definition) is 1. The molecule has 1 atom stereocenters. The summed E-state index contributed by atoms with van der Waals surface area (Å²) >= 11 is 0. The van der Waals surface area contributed by atoms with Gasteiger partial charge in [-0.25, -0.2) is 0 Å². The molecule has 1 aliphatic carbocycles. The van der Waals surface area contributed by atoms with Crippen LogP contribution in [0.15, 0.2) is 28.7 Å². The summed E-state index contributed by atoms with van der Waals surface area (Å²) < 4.78 is 6.03. The summed E-state index contributed by atoms with van der Waals surface area (Å²) in [7, 11) is 0. The Balaban J connectivity index is 1.64. The quantitative estimate of drug-likeness (QED) is 0.804. The van der Waals surface area contributed by atoms with E-state index in [-0.39, 0.29) is 0 Å². The standard InChI is InChI=1S/C18H25NO/c1-3-11-19-17(14-7-8-14)10-9-16-12-15-6-4-5-13(2)18(15)20-16/h4-6,12,14,17,19H,3,7-11H2,1-2H3. The van der Waals surface area contributed by atoms with Gasteiger partial charge in [-0.15, -0.1) is 0 Å². The highest BCUT2D eigenvalue weighted by Gasteiger charge is 2.30. The molecule has 2 aromatic rings. The molecule has 1 aromatic carbocycles. The molecule has 1 N–H and O–H groups in total. The fourth-order valence-corrected chi connectivity index (χ4v) is 3.02. The summed E-state index contributed by atoms with van der Waals surface area (Å²) in [5.74, 6) is 2.05. The van der Waals surface area contributed by atoms with Gasteiger partial charge in [0.05, 0.1) is 0 Å². The summed E-state index contributed by atoms with van der Waals surface area (Å²) in [6.45, 7) is 5.49. The van der Waals surface area contributed by atoms with Crippen molar-refractivity contribution in [2.75, 3.05) is 6.54 Å². The maximum absolute atomic E-state index is 6.03. The topological polar surface area (TPSA) is 25.2 Å². The Morgan fingerprint density at radius 3 is 2.90 bits per heavy atom. The summed E-state index contributed by atoms with van der Waals surface area (Å²) in [6, 6.07) is 9.26. The molecule has 2 heteroatoms. The number of para-hydroxylation sites is 1. The molecule has 0 bridgehead atoms. The first kappa shape index (κ1) is 13.7. The number of hydrogen-bond acceptors (Lipinski definition) is 2. The Bertz CT molecular complexity index is 568. The summed E-state index contributed by atoms with van der Waals surface area (Å²) in [6.07, 6.45) is 6.27. The Kier molecular flexibility index (Phi) is 4.11. The van der Waals surface area contributed by atoms with E-state index in [0.29, 0.717) is 6.04 Å². The predicted molar refractivity (Wildman–Crippen MR) is 84.1 cm³/mol. The zero-order chi connectivity index (χ0) is 13.9. The van der Waals surface area contributed by atoms with Crippen molar-refractivity contribution in [2.45, 2.75) is 52.0 Å². The third-order valence-corrected chi connectivity index (χ3v) is 4.34. The molecule has 0 saturated heterocycles. The molecule has 0 radical (unpaired) electrons. The fourth-order valence-electron chi connectivity index (χ4n) is 3.02. The number of aryl methyl sites for hydroxylation is 2. The molecular formula is C18H25NO. The van der Waals surface area contributed by atoms with Gasteiger partial charge in [-0.2, -0.15) is 0 Å². The van der Waals surface area contributed by atoms with Gasteiger partial charge < -0.3 is 9.73 Å². The first-order valence-electron chi connectivity index (χ1n) is 7.99. The van der Waals surface area contributed by atoms with Crippen molar-refractivity contribution in [3.8, 4) is 0 Å². The van der Waals surface area contributed by atoms with Crippen molar-refractivity contribution < 1.29 is 4.42 Å². The van der Waals surface area contributed by atoms with Gasteiger partial charge >= 0.3 is 0 Å². The van der Waals surface area contributed by atoms with Gasteiger partial charge in [0.2, 0.25) is 0 Å². The third-order valence-electron chi connectivity index (χ3n) is 4.34. The molecule has 1 heterocycles. The van der Waals surface area contributed by atoms with Crippen LogP contribution in [0.5, 0.6) is 0 Å².